The van der Waals surface area contributed by atoms with Gasteiger partial charge in [-0.3, -0.25) is 4.55 Å². The Labute approximate surface area is 95.8 Å². The van der Waals surface area contributed by atoms with Crippen LogP contribution in [-0.4, -0.2) is 19.5 Å². The van der Waals surface area contributed by atoms with Gasteiger partial charge >= 0.3 is 10.3 Å². The maximum atomic E-state index is 11.2. The lowest BCUT2D eigenvalue weighted by atomic mass is 10.2. The number of hydrogen-bond acceptors (Lipinski definition) is 3. The average Bonchev–Trinajstić information content (AvgIpc) is 2.19. The highest BCUT2D eigenvalue weighted by Gasteiger charge is 2.18. The molecule has 0 aliphatic rings. The van der Waals surface area contributed by atoms with Gasteiger partial charge in [0.2, 0.25) is 0 Å². The molecular formula is C10H16N2O3S. The smallest absolute Gasteiger partial charge is 0.359 e. The molecule has 90 valence electrons. The normalized spacial score (nSPS) is 11.4. The van der Waals surface area contributed by atoms with E-state index < -0.39 is 10.3 Å². The summed E-state index contributed by atoms with van der Waals surface area (Å²) >= 11 is 0. The summed E-state index contributed by atoms with van der Waals surface area (Å²) in [5.41, 5.74) is 6.48. The van der Waals surface area contributed by atoms with E-state index in [0.717, 1.165) is 10.7 Å². The topological polar surface area (TPSA) is 83.6 Å². The fourth-order valence-electron chi connectivity index (χ4n) is 1.32. The van der Waals surface area contributed by atoms with Crippen molar-refractivity contribution in [1.82, 2.24) is 0 Å². The van der Waals surface area contributed by atoms with E-state index in [0.29, 0.717) is 17.8 Å². The van der Waals surface area contributed by atoms with Crippen molar-refractivity contribution in [2.24, 2.45) is 0 Å². The molecule has 16 heavy (non-hydrogen) atoms. The zero-order valence-corrected chi connectivity index (χ0v) is 9.94. The number of nitrogens with two attached hydrogens (primary N) is 1. The molecule has 1 aromatic carbocycles. The van der Waals surface area contributed by atoms with Crippen molar-refractivity contribution >= 4 is 21.7 Å². The van der Waals surface area contributed by atoms with Gasteiger partial charge in [-0.25, -0.2) is 4.31 Å². The minimum atomic E-state index is -4.21. The lowest BCUT2D eigenvalue weighted by Crippen LogP contribution is -2.31. The van der Waals surface area contributed by atoms with Crippen molar-refractivity contribution in [1.29, 1.82) is 0 Å². The minimum Gasteiger partial charge on any atom is -0.399 e. The molecule has 0 aliphatic carbocycles. The molecule has 0 aliphatic heterocycles. The van der Waals surface area contributed by atoms with Gasteiger partial charge in [0, 0.05) is 12.2 Å². The van der Waals surface area contributed by atoms with Gasteiger partial charge in [-0.1, -0.05) is 13.3 Å². The van der Waals surface area contributed by atoms with Gasteiger partial charge in [0.05, 0.1) is 5.69 Å². The van der Waals surface area contributed by atoms with Crippen molar-refractivity contribution in [3.63, 3.8) is 0 Å². The molecule has 1 rings (SSSR count). The van der Waals surface area contributed by atoms with Crippen LogP contribution in [0, 0.1) is 0 Å². The predicted molar refractivity (Wildman–Crippen MR) is 64.7 cm³/mol. The molecule has 0 amide bonds. The molecule has 0 atom stereocenters. The summed E-state index contributed by atoms with van der Waals surface area (Å²) in [7, 11) is -4.21. The van der Waals surface area contributed by atoms with Crippen LogP contribution in [0.5, 0.6) is 0 Å². The molecule has 0 aromatic heterocycles. The average molecular weight is 244 g/mol. The Bertz CT molecular complexity index is 428. The third-order valence-electron chi connectivity index (χ3n) is 2.17. The maximum absolute atomic E-state index is 11.2. The summed E-state index contributed by atoms with van der Waals surface area (Å²) in [5, 5.41) is 0. The van der Waals surface area contributed by atoms with Crippen molar-refractivity contribution in [2.75, 3.05) is 16.6 Å². The summed E-state index contributed by atoms with van der Waals surface area (Å²) < 4.78 is 32.4. The highest BCUT2D eigenvalue weighted by atomic mass is 32.2. The van der Waals surface area contributed by atoms with Gasteiger partial charge in [-0.2, -0.15) is 8.42 Å². The fraction of sp³-hybridized carbons (Fsp3) is 0.400. The van der Waals surface area contributed by atoms with Gasteiger partial charge in [-0.05, 0) is 30.7 Å². The number of hydrogen-bond donors (Lipinski definition) is 2. The standard InChI is InChI=1S/C10H16N2O3S/c1-2-3-8-12(16(13,14)15)10-6-4-9(11)5-7-10/h4-7H,2-3,8,11H2,1H3,(H,13,14,15). The fourth-order valence-corrected chi connectivity index (χ4v) is 2.07. The molecule has 0 bridgehead atoms. The quantitative estimate of drug-likeness (QED) is 0.609. The highest BCUT2D eigenvalue weighted by molar-refractivity contribution is 7.87. The number of rotatable bonds is 5. The number of anilines is 2. The van der Waals surface area contributed by atoms with Gasteiger partial charge in [0.25, 0.3) is 0 Å². The van der Waals surface area contributed by atoms with Crippen LogP contribution in [0.15, 0.2) is 24.3 Å². The van der Waals surface area contributed by atoms with E-state index in [-0.39, 0.29) is 6.54 Å². The molecule has 6 heteroatoms. The first-order valence-corrected chi connectivity index (χ1v) is 6.45. The van der Waals surface area contributed by atoms with Crippen molar-refractivity contribution < 1.29 is 13.0 Å². The Morgan fingerprint density at radius 3 is 2.31 bits per heavy atom. The van der Waals surface area contributed by atoms with E-state index >= 15 is 0 Å². The first-order valence-electron chi connectivity index (χ1n) is 5.06. The van der Waals surface area contributed by atoms with Gasteiger partial charge < -0.3 is 5.73 Å². The van der Waals surface area contributed by atoms with E-state index in [1.165, 1.54) is 0 Å². The zero-order valence-electron chi connectivity index (χ0n) is 9.13. The Morgan fingerprint density at radius 1 is 1.31 bits per heavy atom. The van der Waals surface area contributed by atoms with E-state index in [1.807, 2.05) is 6.92 Å². The summed E-state index contributed by atoms with van der Waals surface area (Å²) in [4.78, 5) is 0. The van der Waals surface area contributed by atoms with E-state index in [1.54, 1.807) is 24.3 Å². The van der Waals surface area contributed by atoms with Gasteiger partial charge in [-0.15, -0.1) is 0 Å². The van der Waals surface area contributed by atoms with Crippen LogP contribution in [0.4, 0.5) is 11.4 Å². The molecular weight excluding hydrogens is 228 g/mol. The van der Waals surface area contributed by atoms with Crippen LogP contribution < -0.4 is 10.0 Å². The van der Waals surface area contributed by atoms with Crippen molar-refractivity contribution in [3.8, 4) is 0 Å². The van der Waals surface area contributed by atoms with Crippen LogP contribution in [-0.2, 0) is 10.3 Å². The maximum Gasteiger partial charge on any atom is 0.359 e. The molecule has 3 N–H and O–H groups in total. The molecule has 5 nitrogen and oxygen atoms in total. The van der Waals surface area contributed by atoms with E-state index in [9.17, 15) is 8.42 Å². The summed E-state index contributed by atoms with van der Waals surface area (Å²) in [5.74, 6) is 0. The largest absolute Gasteiger partial charge is 0.399 e. The number of nitrogens with zero attached hydrogens (tertiary/aromatic N) is 1. The zero-order chi connectivity index (χ0) is 12.2. The third-order valence-corrected chi connectivity index (χ3v) is 3.12. The second kappa shape index (κ2) is 5.18. The van der Waals surface area contributed by atoms with Crippen molar-refractivity contribution in [3.05, 3.63) is 24.3 Å². The summed E-state index contributed by atoms with van der Waals surface area (Å²) in [6, 6.07) is 6.33. The molecule has 0 radical (unpaired) electrons. The molecule has 1 aromatic rings. The molecule has 0 saturated carbocycles. The summed E-state index contributed by atoms with van der Waals surface area (Å²) in [6.07, 6.45) is 1.53. The van der Waals surface area contributed by atoms with Crippen LogP contribution in [0.1, 0.15) is 19.8 Å². The number of unbranched alkanes of at least 4 members (excludes halogenated alkanes) is 1. The monoisotopic (exact) mass is 244 g/mol. The second-order valence-electron chi connectivity index (χ2n) is 3.50. The van der Waals surface area contributed by atoms with Crippen LogP contribution >= 0.6 is 0 Å². The van der Waals surface area contributed by atoms with E-state index in [2.05, 4.69) is 0 Å². The molecule has 0 unspecified atom stereocenters. The minimum absolute atomic E-state index is 0.263. The Kier molecular flexibility index (Phi) is 4.14. The Morgan fingerprint density at radius 2 is 1.88 bits per heavy atom. The molecule has 0 saturated heterocycles. The van der Waals surface area contributed by atoms with Crippen LogP contribution in [0.3, 0.4) is 0 Å². The second-order valence-corrected chi connectivity index (χ2v) is 4.83. The molecule has 0 heterocycles. The lowest BCUT2D eigenvalue weighted by molar-refractivity contribution is 0.477. The SMILES string of the molecule is CCCCN(c1ccc(N)cc1)S(=O)(=O)O. The molecule has 0 spiro atoms. The highest BCUT2D eigenvalue weighted by Crippen LogP contribution is 2.19. The third kappa shape index (κ3) is 3.39. The van der Waals surface area contributed by atoms with Crippen molar-refractivity contribution in [2.45, 2.75) is 19.8 Å². The van der Waals surface area contributed by atoms with Crippen LogP contribution in [0.25, 0.3) is 0 Å². The Hall–Kier alpha value is -1.27. The van der Waals surface area contributed by atoms with Crippen LogP contribution in [0.2, 0.25) is 0 Å². The lowest BCUT2D eigenvalue weighted by Gasteiger charge is -2.20. The first kappa shape index (κ1) is 12.8. The van der Waals surface area contributed by atoms with Gasteiger partial charge in [0.15, 0.2) is 0 Å². The Balaban J connectivity index is 2.97. The molecule has 0 fully saturated rings. The first-order chi connectivity index (χ1) is 7.45. The van der Waals surface area contributed by atoms with Gasteiger partial charge in [0.1, 0.15) is 0 Å². The number of benzene rings is 1. The van der Waals surface area contributed by atoms with E-state index in [4.69, 9.17) is 10.3 Å². The predicted octanol–water partition coefficient (Wildman–Crippen LogP) is 1.68. The number of nitrogen functional groups attached to an aromatic ring is 1. The summed E-state index contributed by atoms with van der Waals surface area (Å²) in [6.45, 7) is 2.21.